The number of nitrogens with two attached hydrogens (primary N) is 1. The molecule has 0 spiro atoms. The summed E-state index contributed by atoms with van der Waals surface area (Å²) < 4.78 is 6.17. The third kappa shape index (κ3) is 4.75. The van der Waals surface area contributed by atoms with Gasteiger partial charge in [-0.2, -0.15) is 0 Å². The Morgan fingerprint density at radius 2 is 2.03 bits per heavy atom. The quantitative estimate of drug-likeness (QED) is 0.660. The Morgan fingerprint density at radius 1 is 1.24 bits per heavy atom. The highest BCUT2D eigenvalue weighted by atomic mass is 16.5. The molecule has 0 aliphatic carbocycles. The zero-order chi connectivity index (χ0) is 22.9. The molecule has 5 heterocycles. The summed E-state index contributed by atoms with van der Waals surface area (Å²) in [6.07, 6.45) is 5.64. The van der Waals surface area contributed by atoms with Crippen molar-refractivity contribution in [1.82, 2.24) is 25.2 Å². The van der Waals surface area contributed by atoms with E-state index in [0.29, 0.717) is 37.2 Å². The molecule has 0 aromatic carbocycles. The van der Waals surface area contributed by atoms with Crippen LogP contribution in [0.15, 0.2) is 24.4 Å². The molecule has 2 bridgehead atoms. The fourth-order valence-corrected chi connectivity index (χ4v) is 5.11. The summed E-state index contributed by atoms with van der Waals surface area (Å²) >= 11 is 0. The second kappa shape index (κ2) is 8.93. The maximum absolute atomic E-state index is 12.0. The summed E-state index contributed by atoms with van der Waals surface area (Å²) in [6, 6.07) is 6.02. The number of nitrogens with one attached hydrogen (secondary N) is 1. The lowest BCUT2D eigenvalue weighted by molar-refractivity contribution is -0.124. The first kappa shape index (κ1) is 21.6. The van der Waals surface area contributed by atoms with Crippen molar-refractivity contribution in [3.05, 3.63) is 41.3 Å². The second-order valence-electron chi connectivity index (χ2n) is 9.15. The van der Waals surface area contributed by atoms with E-state index in [4.69, 9.17) is 15.5 Å². The monoisotopic (exact) mass is 451 g/mol. The molecule has 3 saturated heterocycles. The molecule has 3 atom stereocenters. The van der Waals surface area contributed by atoms with Crippen LogP contribution in [0.4, 0.5) is 5.95 Å². The number of carbonyl (C=O) groups excluding carboxylic acids is 2. The van der Waals surface area contributed by atoms with E-state index in [2.05, 4.69) is 20.2 Å². The van der Waals surface area contributed by atoms with Gasteiger partial charge in [0.05, 0.1) is 12.2 Å². The lowest BCUT2D eigenvalue weighted by Crippen LogP contribution is -2.48. The summed E-state index contributed by atoms with van der Waals surface area (Å²) in [5, 5.41) is 2.82. The van der Waals surface area contributed by atoms with Crippen LogP contribution in [0.2, 0.25) is 0 Å². The lowest BCUT2D eigenvalue weighted by atomic mass is 10.00. The maximum atomic E-state index is 12.0. The van der Waals surface area contributed by atoms with Gasteiger partial charge in [0.2, 0.25) is 17.7 Å². The summed E-state index contributed by atoms with van der Waals surface area (Å²) in [5.41, 5.74) is 7.59. The van der Waals surface area contributed by atoms with Crippen LogP contribution >= 0.6 is 0 Å². The highest BCUT2D eigenvalue weighted by molar-refractivity contribution is 5.91. The topological polar surface area (TPSA) is 127 Å². The van der Waals surface area contributed by atoms with E-state index >= 15 is 0 Å². The van der Waals surface area contributed by atoms with Crippen LogP contribution in [0.1, 0.15) is 47.4 Å². The summed E-state index contributed by atoms with van der Waals surface area (Å²) in [6.45, 7) is 4.12. The minimum absolute atomic E-state index is 0.00571. The van der Waals surface area contributed by atoms with Crippen molar-refractivity contribution >= 4 is 17.8 Å². The predicted octanol–water partition coefficient (Wildman–Crippen LogP) is 0.790. The number of hydrogen-bond donors (Lipinski definition) is 2. The van der Waals surface area contributed by atoms with Crippen molar-refractivity contribution in [2.75, 3.05) is 24.5 Å². The number of aromatic nitrogens is 3. The molecule has 2 amide bonds. The summed E-state index contributed by atoms with van der Waals surface area (Å²) in [4.78, 5) is 41.7. The molecular weight excluding hydrogens is 422 g/mol. The molecule has 2 aromatic rings. The Morgan fingerprint density at radius 3 is 2.70 bits per heavy atom. The number of rotatable bonds is 6. The molecule has 3 aliphatic heterocycles. The van der Waals surface area contributed by atoms with E-state index in [0.717, 1.165) is 37.8 Å². The number of anilines is 1. The number of piperidine rings is 1. The first-order valence-corrected chi connectivity index (χ1v) is 11.5. The van der Waals surface area contributed by atoms with Crippen LogP contribution < -0.4 is 20.7 Å². The van der Waals surface area contributed by atoms with Crippen molar-refractivity contribution in [2.24, 2.45) is 5.73 Å². The first-order valence-electron chi connectivity index (χ1n) is 11.5. The van der Waals surface area contributed by atoms with Crippen molar-refractivity contribution in [2.45, 2.75) is 57.3 Å². The van der Waals surface area contributed by atoms with E-state index in [1.807, 2.05) is 30.2 Å². The van der Waals surface area contributed by atoms with E-state index in [-0.39, 0.29) is 29.8 Å². The predicted molar refractivity (Wildman–Crippen MR) is 121 cm³/mol. The van der Waals surface area contributed by atoms with E-state index < -0.39 is 5.91 Å². The Balaban J connectivity index is 1.34. The lowest BCUT2D eigenvalue weighted by Gasteiger charge is -2.39. The van der Waals surface area contributed by atoms with Gasteiger partial charge in [-0.05, 0) is 31.4 Å². The van der Waals surface area contributed by atoms with E-state index in [9.17, 15) is 9.59 Å². The smallest absolute Gasteiger partial charge is 0.267 e. The Hall–Kier alpha value is -3.27. The van der Waals surface area contributed by atoms with Crippen LogP contribution in [0, 0.1) is 6.92 Å². The summed E-state index contributed by atoms with van der Waals surface area (Å²) in [7, 11) is 0. The molecule has 1 unspecified atom stereocenters. The number of piperazine rings is 1. The fraction of sp³-hybridized carbons (Fsp3) is 0.522. The van der Waals surface area contributed by atoms with Crippen LogP contribution in [-0.4, -0.2) is 69.5 Å². The van der Waals surface area contributed by atoms with Crippen LogP contribution in [0.25, 0.3) is 0 Å². The molecule has 5 rings (SSSR count). The highest BCUT2D eigenvalue weighted by Gasteiger charge is 2.43. The zero-order valence-electron chi connectivity index (χ0n) is 18.7. The van der Waals surface area contributed by atoms with Gasteiger partial charge in [-0.3, -0.25) is 14.5 Å². The molecule has 174 valence electrons. The normalized spacial score (nSPS) is 25.1. The van der Waals surface area contributed by atoms with Gasteiger partial charge in [-0.25, -0.2) is 15.0 Å². The van der Waals surface area contributed by atoms with Gasteiger partial charge in [0.1, 0.15) is 11.8 Å². The highest BCUT2D eigenvalue weighted by Crippen LogP contribution is 2.39. The Labute approximate surface area is 192 Å². The third-order valence-corrected chi connectivity index (χ3v) is 6.62. The van der Waals surface area contributed by atoms with Crippen molar-refractivity contribution in [3.8, 4) is 5.88 Å². The zero-order valence-corrected chi connectivity index (χ0v) is 18.7. The number of carbonyl (C=O) groups is 2. The van der Waals surface area contributed by atoms with Gasteiger partial charge < -0.3 is 20.7 Å². The minimum Gasteiger partial charge on any atom is -0.474 e. The van der Waals surface area contributed by atoms with Crippen molar-refractivity contribution < 1.29 is 14.3 Å². The number of amides is 2. The Bertz CT molecular complexity index is 1030. The van der Waals surface area contributed by atoms with Gasteiger partial charge >= 0.3 is 0 Å². The number of hydrogen-bond acceptors (Lipinski definition) is 8. The molecule has 3 aliphatic rings. The fourth-order valence-electron chi connectivity index (χ4n) is 5.11. The molecule has 0 radical (unpaired) electrons. The number of pyridine rings is 1. The molecule has 3 N–H and O–H groups in total. The molecule has 10 nitrogen and oxygen atoms in total. The van der Waals surface area contributed by atoms with Crippen molar-refractivity contribution in [3.63, 3.8) is 0 Å². The molecule has 10 heteroatoms. The van der Waals surface area contributed by atoms with Gasteiger partial charge in [0.15, 0.2) is 0 Å². The largest absolute Gasteiger partial charge is 0.474 e. The van der Waals surface area contributed by atoms with Crippen LogP contribution in [0.3, 0.4) is 0 Å². The number of aryl methyl sites for hydroxylation is 1. The molecule has 2 aromatic heterocycles. The second-order valence-corrected chi connectivity index (χ2v) is 9.15. The third-order valence-electron chi connectivity index (χ3n) is 6.62. The molecule has 3 fully saturated rings. The maximum Gasteiger partial charge on any atom is 0.267 e. The average Bonchev–Trinajstić information content (AvgIpc) is 3.05. The van der Waals surface area contributed by atoms with Crippen LogP contribution in [-0.2, 0) is 11.3 Å². The van der Waals surface area contributed by atoms with E-state index in [1.54, 1.807) is 6.07 Å². The van der Waals surface area contributed by atoms with Gasteiger partial charge in [-0.1, -0.05) is 6.07 Å². The number of ether oxygens (including phenoxy) is 1. The van der Waals surface area contributed by atoms with Gasteiger partial charge in [0, 0.05) is 56.8 Å². The Kier molecular flexibility index (Phi) is 5.84. The number of primary amides is 1. The number of nitrogens with zero attached hydrogens (tertiary/aromatic N) is 5. The van der Waals surface area contributed by atoms with E-state index in [1.165, 1.54) is 0 Å². The number of fused-ring (bicyclic) bond motifs is 2. The van der Waals surface area contributed by atoms with Crippen LogP contribution in [0.5, 0.6) is 5.88 Å². The molecule has 0 saturated carbocycles. The van der Waals surface area contributed by atoms with Gasteiger partial charge in [0.25, 0.3) is 5.91 Å². The molecule has 33 heavy (non-hydrogen) atoms. The molecular formula is C23H29N7O3. The van der Waals surface area contributed by atoms with Crippen molar-refractivity contribution in [1.29, 1.82) is 0 Å². The standard InChI is InChI=1S/C23H29N7O3/c1-14-2-5-21(26-11-14)33-18-9-16-3-4-17(10-18)30(16)23-27-15(8-19(28-23)22(24)32)12-29-7-6-25-20(31)13-29/h2,5,8,11,16-18H,3-4,6-7,9-10,12-13H2,1H3,(H2,24,32)(H,25,31)/t16-,17+,18?. The first-order chi connectivity index (χ1) is 15.9. The SMILES string of the molecule is Cc1ccc(OC2C[C@H]3CC[C@@H](C2)N3c2nc(CN3CCNC(=O)C3)cc(C(N)=O)n2)nc1. The van der Waals surface area contributed by atoms with Gasteiger partial charge in [-0.15, -0.1) is 0 Å². The minimum atomic E-state index is -0.577. The summed E-state index contributed by atoms with van der Waals surface area (Å²) in [5.74, 6) is 0.613. The average molecular weight is 452 g/mol.